The van der Waals surface area contributed by atoms with Crippen LogP contribution in [0.2, 0.25) is 10.0 Å². The molecular formula is C18H20Cl2N2O4S. The normalized spacial score (nSPS) is 11.5. The number of amides is 1. The van der Waals surface area contributed by atoms with Crippen molar-refractivity contribution in [3.63, 3.8) is 0 Å². The SMILES string of the molecule is COc1ccc(S(=O)(=O)N(C)C)cc1CCC(=O)Nc1cc(Cl)cc(Cl)c1. The van der Waals surface area contributed by atoms with Crippen molar-refractivity contribution in [1.29, 1.82) is 0 Å². The molecule has 0 unspecified atom stereocenters. The second-order valence-electron chi connectivity index (χ2n) is 5.97. The van der Waals surface area contributed by atoms with Gasteiger partial charge in [-0.2, -0.15) is 0 Å². The number of rotatable bonds is 7. The zero-order chi connectivity index (χ0) is 20.2. The number of halogens is 2. The van der Waals surface area contributed by atoms with Crippen molar-refractivity contribution in [3.05, 3.63) is 52.0 Å². The summed E-state index contributed by atoms with van der Waals surface area (Å²) in [6.45, 7) is 0. The van der Waals surface area contributed by atoms with E-state index in [1.54, 1.807) is 24.3 Å². The number of ether oxygens (including phenoxy) is 1. The number of hydrogen-bond donors (Lipinski definition) is 1. The highest BCUT2D eigenvalue weighted by Crippen LogP contribution is 2.26. The van der Waals surface area contributed by atoms with Crippen LogP contribution in [0.25, 0.3) is 0 Å². The number of carbonyl (C=O) groups excluding carboxylic acids is 1. The summed E-state index contributed by atoms with van der Waals surface area (Å²) < 4.78 is 31.0. The first-order valence-electron chi connectivity index (χ1n) is 7.99. The van der Waals surface area contributed by atoms with Gasteiger partial charge in [0, 0.05) is 36.2 Å². The lowest BCUT2D eigenvalue weighted by atomic mass is 10.1. The highest BCUT2D eigenvalue weighted by molar-refractivity contribution is 7.89. The number of benzene rings is 2. The number of sulfonamides is 1. The summed E-state index contributed by atoms with van der Waals surface area (Å²) in [7, 11) is 0.842. The van der Waals surface area contributed by atoms with E-state index in [-0.39, 0.29) is 17.2 Å². The van der Waals surface area contributed by atoms with Crippen molar-refractivity contribution < 1.29 is 17.9 Å². The van der Waals surface area contributed by atoms with Crippen LogP contribution >= 0.6 is 23.2 Å². The fourth-order valence-corrected chi connectivity index (χ4v) is 3.90. The van der Waals surface area contributed by atoms with Crippen LogP contribution in [0.4, 0.5) is 5.69 Å². The Morgan fingerprint density at radius 3 is 2.30 bits per heavy atom. The molecule has 0 aliphatic carbocycles. The van der Waals surface area contributed by atoms with Gasteiger partial charge in [-0.05, 0) is 48.4 Å². The first-order valence-corrected chi connectivity index (χ1v) is 10.2. The molecule has 0 saturated heterocycles. The number of nitrogens with zero attached hydrogens (tertiary/aromatic N) is 1. The predicted molar refractivity (Wildman–Crippen MR) is 107 cm³/mol. The van der Waals surface area contributed by atoms with Gasteiger partial charge < -0.3 is 10.1 Å². The van der Waals surface area contributed by atoms with Gasteiger partial charge in [-0.1, -0.05) is 23.2 Å². The van der Waals surface area contributed by atoms with Gasteiger partial charge in [0.15, 0.2) is 0 Å². The van der Waals surface area contributed by atoms with E-state index < -0.39 is 10.0 Å². The maximum atomic E-state index is 12.3. The lowest BCUT2D eigenvalue weighted by Gasteiger charge is -2.14. The monoisotopic (exact) mass is 430 g/mol. The molecule has 0 heterocycles. The van der Waals surface area contributed by atoms with Gasteiger partial charge in [-0.25, -0.2) is 12.7 Å². The molecular weight excluding hydrogens is 411 g/mol. The average Bonchev–Trinajstić information content (AvgIpc) is 2.58. The predicted octanol–water partition coefficient (Wildman–Crippen LogP) is 3.82. The van der Waals surface area contributed by atoms with E-state index in [2.05, 4.69) is 5.32 Å². The molecule has 0 atom stereocenters. The summed E-state index contributed by atoms with van der Waals surface area (Å²) in [5.74, 6) is 0.266. The molecule has 2 aromatic carbocycles. The molecule has 0 bridgehead atoms. The first kappa shape index (κ1) is 21.5. The molecule has 2 aromatic rings. The Balaban J connectivity index is 2.15. The summed E-state index contributed by atoms with van der Waals surface area (Å²) in [5.41, 5.74) is 1.12. The third kappa shape index (κ3) is 5.59. The molecule has 0 saturated carbocycles. The highest BCUT2D eigenvalue weighted by Gasteiger charge is 2.19. The van der Waals surface area contributed by atoms with Gasteiger partial charge in [0.25, 0.3) is 0 Å². The Morgan fingerprint density at radius 1 is 1.11 bits per heavy atom. The Hall–Kier alpha value is -1.80. The van der Waals surface area contributed by atoms with Crippen LogP contribution in [0.15, 0.2) is 41.3 Å². The zero-order valence-corrected chi connectivity index (χ0v) is 17.5. The second-order valence-corrected chi connectivity index (χ2v) is 8.99. The van der Waals surface area contributed by atoms with Crippen molar-refractivity contribution >= 4 is 44.8 Å². The summed E-state index contributed by atoms with van der Waals surface area (Å²) in [4.78, 5) is 12.4. The molecule has 0 aliphatic rings. The molecule has 0 aliphatic heterocycles. The number of anilines is 1. The lowest BCUT2D eigenvalue weighted by molar-refractivity contribution is -0.116. The van der Waals surface area contributed by atoms with Gasteiger partial charge in [0.2, 0.25) is 15.9 Å². The van der Waals surface area contributed by atoms with Crippen LogP contribution < -0.4 is 10.1 Å². The van der Waals surface area contributed by atoms with E-state index in [0.29, 0.717) is 33.5 Å². The van der Waals surface area contributed by atoms with Crippen molar-refractivity contribution in [2.24, 2.45) is 0 Å². The van der Waals surface area contributed by atoms with E-state index >= 15 is 0 Å². The number of methoxy groups -OCH3 is 1. The summed E-state index contributed by atoms with van der Waals surface area (Å²) in [6.07, 6.45) is 0.437. The maximum Gasteiger partial charge on any atom is 0.242 e. The van der Waals surface area contributed by atoms with Crippen molar-refractivity contribution in [1.82, 2.24) is 4.31 Å². The van der Waals surface area contributed by atoms with Gasteiger partial charge in [0.05, 0.1) is 12.0 Å². The van der Waals surface area contributed by atoms with E-state index in [0.717, 1.165) is 4.31 Å². The lowest BCUT2D eigenvalue weighted by Crippen LogP contribution is -2.22. The Kier molecular flexibility index (Phi) is 7.11. The van der Waals surface area contributed by atoms with Crippen molar-refractivity contribution in [2.45, 2.75) is 17.7 Å². The van der Waals surface area contributed by atoms with E-state index in [1.807, 2.05) is 0 Å². The molecule has 2 rings (SSSR count). The minimum absolute atomic E-state index is 0.131. The largest absolute Gasteiger partial charge is 0.496 e. The molecule has 0 fully saturated rings. The van der Waals surface area contributed by atoms with Crippen LogP contribution in [0.1, 0.15) is 12.0 Å². The number of nitrogens with one attached hydrogen (secondary N) is 1. The molecule has 9 heteroatoms. The highest BCUT2D eigenvalue weighted by atomic mass is 35.5. The second kappa shape index (κ2) is 8.93. The Morgan fingerprint density at radius 2 is 1.74 bits per heavy atom. The molecule has 0 aromatic heterocycles. The first-order chi connectivity index (χ1) is 12.6. The van der Waals surface area contributed by atoms with Gasteiger partial charge in [-0.3, -0.25) is 4.79 Å². The topological polar surface area (TPSA) is 75.7 Å². The molecule has 0 radical (unpaired) electrons. The summed E-state index contributed by atoms with van der Waals surface area (Å²) in [5, 5.41) is 3.55. The van der Waals surface area contributed by atoms with Gasteiger partial charge in [0.1, 0.15) is 5.75 Å². The van der Waals surface area contributed by atoms with Crippen LogP contribution in [-0.2, 0) is 21.2 Å². The smallest absolute Gasteiger partial charge is 0.242 e. The number of aryl methyl sites for hydroxylation is 1. The Bertz CT molecular complexity index is 926. The fourth-order valence-electron chi connectivity index (χ4n) is 2.42. The van der Waals surface area contributed by atoms with Gasteiger partial charge >= 0.3 is 0 Å². The molecule has 0 spiro atoms. The zero-order valence-electron chi connectivity index (χ0n) is 15.1. The van der Waals surface area contributed by atoms with Gasteiger partial charge in [-0.15, -0.1) is 0 Å². The van der Waals surface area contributed by atoms with E-state index in [4.69, 9.17) is 27.9 Å². The molecule has 6 nitrogen and oxygen atoms in total. The number of hydrogen-bond acceptors (Lipinski definition) is 4. The Labute approximate surface area is 169 Å². The molecule has 1 amide bonds. The summed E-state index contributed by atoms with van der Waals surface area (Å²) >= 11 is 11.8. The fraction of sp³-hybridized carbons (Fsp3) is 0.278. The minimum Gasteiger partial charge on any atom is -0.496 e. The third-order valence-corrected chi connectivity index (χ3v) is 6.05. The molecule has 146 valence electrons. The van der Waals surface area contributed by atoms with E-state index in [9.17, 15) is 13.2 Å². The van der Waals surface area contributed by atoms with Crippen LogP contribution in [0, 0.1) is 0 Å². The van der Waals surface area contributed by atoms with E-state index in [1.165, 1.54) is 33.3 Å². The summed E-state index contributed by atoms with van der Waals surface area (Å²) in [6, 6.07) is 9.34. The third-order valence-electron chi connectivity index (χ3n) is 3.80. The average molecular weight is 431 g/mol. The molecule has 27 heavy (non-hydrogen) atoms. The molecule has 1 N–H and O–H groups in total. The quantitative estimate of drug-likeness (QED) is 0.723. The van der Waals surface area contributed by atoms with Crippen molar-refractivity contribution in [2.75, 3.05) is 26.5 Å². The minimum atomic E-state index is -3.57. The standard InChI is InChI=1S/C18H20Cl2N2O4S/c1-22(2)27(24,25)16-5-6-17(26-3)12(8-16)4-7-18(23)21-15-10-13(19)9-14(20)11-15/h5-6,8-11H,4,7H2,1-3H3,(H,21,23). The number of carbonyl (C=O) groups is 1. The van der Waals surface area contributed by atoms with Crippen LogP contribution in [0.3, 0.4) is 0 Å². The maximum absolute atomic E-state index is 12.3. The van der Waals surface area contributed by atoms with Crippen LogP contribution in [-0.4, -0.2) is 39.8 Å². The van der Waals surface area contributed by atoms with Crippen molar-refractivity contribution in [3.8, 4) is 5.75 Å². The van der Waals surface area contributed by atoms with Crippen LogP contribution in [0.5, 0.6) is 5.75 Å².